The van der Waals surface area contributed by atoms with Gasteiger partial charge in [0.15, 0.2) is 0 Å². The number of aromatic nitrogens is 2. The molecule has 0 aliphatic rings. The Morgan fingerprint density at radius 2 is 2.16 bits per heavy atom. The van der Waals surface area contributed by atoms with Crippen molar-refractivity contribution in [2.24, 2.45) is 0 Å². The fourth-order valence-corrected chi connectivity index (χ4v) is 2.74. The second-order valence-corrected chi connectivity index (χ2v) is 5.23. The lowest BCUT2D eigenvalue weighted by Crippen LogP contribution is -1.82. The van der Waals surface area contributed by atoms with Gasteiger partial charge in [-0.1, -0.05) is 18.2 Å². The van der Waals surface area contributed by atoms with E-state index in [4.69, 9.17) is 0 Å². The molecule has 94 valence electrons. The largest absolute Gasteiger partial charge is 0.307 e. The van der Waals surface area contributed by atoms with Gasteiger partial charge in [-0.2, -0.15) is 0 Å². The lowest BCUT2D eigenvalue weighted by atomic mass is 10.2. The van der Waals surface area contributed by atoms with Crippen LogP contribution in [0.15, 0.2) is 59.8 Å². The molecule has 3 rings (SSSR count). The van der Waals surface area contributed by atoms with E-state index in [1.54, 1.807) is 11.8 Å². The number of hydrogen-bond donors (Lipinski definition) is 0. The van der Waals surface area contributed by atoms with E-state index in [-0.39, 0.29) is 0 Å². The summed E-state index contributed by atoms with van der Waals surface area (Å²) in [7, 11) is 0. The van der Waals surface area contributed by atoms with Crippen molar-refractivity contribution in [2.75, 3.05) is 0 Å². The quantitative estimate of drug-likeness (QED) is 0.537. The average Bonchev–Trinajstić information content (AvgIpc) is 2.88. The molecular formula is C15H12N2OS. The van der Waals surface area contributed by atoms with E-state index in [2.05, 4.69) is 4.98 Å². The highest BCUT2D eigenvalue weighted by molar-refractivity contribution is 7.98. The van der Waals surface area contributed by atoms with Crippen molar-refractivity contribution in [1.82, 2.24) is 9.38 Å². The van der Waals surface area contributed by atoms with Gasteiger partial charge in [0.1, 0.15) is 11.9 Å². The molecule has 0 fully saturated rings. The number of carbonyl (C=O) groups excluding carboxylic acids is 1. The highest BCUT2D eigenvalue weighted by atomic mass is 32.2. The summed E-state index contributed by atoms with van der Waals surface area (Å²) >= 11 is 1.68. The van der Waals surface area contributed by atoms with Crippen molar-refractivity contribution in [3.05, 3.63) is 66.1 Å². The molecule has 0 bridgehead atoms. The summed E-state index contributed by atoms with van der Waals surface area (Å²) in [6, 6.07) is 13.6. The number of carbonyl (C=O) groups is 1. The molecule has 0 aliphatic heterocycles. The second kappa shape index (κ2) is 5.28. The highest BCUT2D eigenvalue weighted by Gasteiger charge is 2.02. The van der Waals surface area contributed by atoms with E-state index in [0.29, 0.717) is 5.56 Å². The van der Waals surface area contributed by atoms with Crippen molar-refractivity contribution < 1.29 is 4.79 Å². The van der Waals surface area contributed by atoms with Gasteiger partial charge in [-0.05, 0) is 24.3 Å². The maximum Gasteiger partial charge on any atom is 0.150 e. The minimum Gasteiger partial charge on any atom is -0.307 e. The molecule has 0 atom stereocenters. The van der Waals surface area contributed by atoms with Crippen molar-refractivity contribution in [3.8, 4) is 0 Å². The smallest absolute Gasteiger partial charge is 0.150 e. The molecular weight excluding hydrogens is 256 g/mol. The first-order chi connectivity index (χ1) is 9.35. The first-order valence-electron chi connectivity index (χ1n) is 5.96. The van der Waals surface area contributed by atoms with Gasteiger partial charge in [0.25, 0.3) is 0 Å². The minimum atomic E-state index is 0.708. The Morgan fingerprint density at radius 3 is 3.00 bits per heavy atom. The number of fused-ring (bicyclic) bond motifs is 1. The zero-order valence-corrected chi connectivity index (χ0v) is 11.0. The molecule has 2 heterocycles. The topological polar surface area (TPSA) is 34.4 Å². The lowest BCUT2D eigenvalue weighted by Gasteiger charge is -1.99. The van der Waals surface area contributed by atoms with E-state index in [1.165, 1.54) is 0 Å². The predicted octanol–water partition coefficient (Wildman–Crippen LogP) is 3.44. The Bertz CT molecular complexity index is 688. The molecule has 0 aliphatic carbocycles. The molecule has 19 heavy (non-hydrogen) atoms. The maximum atomic E-state index is 10.7. The molecule has 3 aromatic rings. The van der Waals surface area contributed by atoms with Crippen LogP contribution < -0.4 is 0 Å². The Balaban J connectivity index is 1.76. The molecule has 0 radical (unpaired) electrons. The number of rotatable bonds is 4. The van der Waals surface area contributed by atoms with Crippen molar-refractivity contribution in [2.45, 2.75) is 10.6 Å². The molecule has 0 saturated carbocycles. The molecule has 0 spiro atoms. The normalized spacial score (nSPS) is 10.7. The Kier molecular flexibility index (Phi) is 3.33. The predicted molar refractivity (Wildman–Crippen MR) is 76.6 cm³/mol. The standard InChI is InChI=1S/C15H12N2OS/c18-10-12-4-3-5-14(8-12)19-11-13-9-17-7-2-1-6-15(17)16-13/h1-10H,11H2. The van der Waals surface area contributed by atoms with Crippen molar-refractivity contribution in [1.29, 1.82) is 0 Å². The molecule has 2 aromatic heterocycles. The monoisotopic (exact) mass is 268 g/mol. The number of thioether (sulfide) groups is 1. The van der Waals surface area contributed by atoms with E-state index < -0.39 is 0 Å². The summed E-state index contributed by atoms with van der Waals surface area (Å²) in [5.41, 5.74) is 2.70. The maximum absolute atomic E-state index is 10.7. The molecule has 0 amide bonds. The third-order valence-electron chi connectivity index (χ3n) is 2.79. The van der Waals surface area contributed by atoms with Crippen LogP contribution in [0.1, 0.15) is 16.1 Å². The summed E-state index contributed by atoms with van der Waals surface area (Å²) < 4.78 is 2.01. The number of hydrogen-bond acceptors (Lipinski definition) is 3. The van der Waals surface area contributed by atoms with Crippen LogP contribution in [0.2, 0.25) is 0 Å². The van der Waals surface area contributed by atoms with Gasteiger partial charge in [-0.15, -0.1) is 11.8 Å². The van der Waals surface area contributed by atoms with Crippen LogP contribution in [0, 0.1) is 0 Å². The van der Waals surface area contributed by atoms with E-state index in [1.807, 2.05) is 59.3 Å². The molecule has 3 nitrogen and oxygen atoms in total. The fourth-order valence-electron chi connectivity index (χ4n) is 1.89. The van der Waals surface area contributed by atoms with Crippen LogP contribution in [0.4, 0.5) is 0 Å². The first-order valence-corrected chi connectivity index (χ1v) is 6.94. The van der Waals surface area contributed by atoms with Crippen LogP contribution >= 0.6 is 11.8 Å². The zero-order chi connectivity index (χ0) is 13.1. The summed E-state index contributed by atoms with van der Waals surface area (Å²) in [4.78, 5) is 16.4. The summed E-state index contributed by atoms with van der Waals surface area (Å²) in [6.07, 6.45) is 4.89. The SMILES string of the molecule is O=Cc1cccc(SCc2cn3ccccc3n2)c1. The molecule has 4 heteroatoms. The summed E-state index contributed by atoms with van der Waals surface area (Å²) in [5.74, 6) is 0.796. The Morgan fingerprint density at radius 1 is 1.21 bits per heavy atom. The molecule has 0 saturated heterocycles. The Hall–Kier alpha value is -2.07. The van der Waals surface area contributed by atoms with E-state index in [9.17, 15) is 4.79 Å². The highest BCUT2D eigenvalue weighted by Crippen LogP contribution is 2.23. The van der Waals surface area contributed by atoms with E-state index in [0.717, 1.165) is 28.3 Å². The third kappa shape index (κ3) is 2.69. The first kappa shape index (κ1) is 12.0. The van der Waals surface area contributed by atoms with Crippen LogP contribution in [0.3, 0.4) is 0 Å². The van der Waals surface area contributed by atoms with Crippen LogP contribution in [0.5, 0.6) is 0 Å². The molecule has 0 unspecified atom stereocenters. The van der Waals surface area contributed by atoms with Gasteiger partial charge < -0.3 is 4.40 Å². The van der Waals surface area contributed by atoms with Gasteiger partial charge >= 0.3 is 0 Å². The number of pyridine rings is 1. The number of imidazole rings is 1. The van der Waals surface area contributed by atoms with Gasteiger partial charge in [-0.25, -0.2) is 4.98 Å². The van der Waals surface area contributed by atoms with Gasteiger partial charge in [0.2, 0.25) is 0 Å². The van der Waals surface area contributed by atoms with E-state index >= 15 is 0 Å². The number of aldehydes is 1. The lowest BCUT2D eigenvalue weighted by molar-refractivity contribution is 0.112. The number of nitrogens with zero attached hydrogens (tertiary/aromatic N) is 2. The van der Waals surface area contributed by atoms with Gasteiger partial charge in [0.05, 0.1) is 5.69 Å². The van der Waals surface area contributed by atoms with Crippen LogP contribution in [0.25, 0.3) is 5.65 Å². The molecule has 0 N–H and O–H groups in total. The minimum absolute atomic E-state index is 0.708. The van der Waals surface area contributed by atoms with Crippen LogP contribution in [-0.4, -0.2) is 15.7 Å². The third-order valence-corrected chi connectivity index (χ3v) is 3.82. The Labute approximate surface area is 115 Å². The van der Waals surface area contributed by atoms with Crippen LogP contribution in [-0.2, 0) is 5.75 Å². The van der Waals surface area contributed by atoms with Crippen molar-refractivity contribution in [3.63, 3.8) is 0 Å². The average molecular weight is 268 g/mol. The zero-order valence-electron chi connectivity index (χ0n) is 10.2. The van der Waals surface area contributed by atoms with Gasteiger partial charge in [0, 0.05) is 28.6 Å². The fraction of sp³-hybridized carbons (Fsp3) is 0.0667. The number of benzene rings is 1. The molecule has 1 aromatic carbocycles. The van der Waals surface area contributed by atoms with Gasteiger partial charge in [-0.3, -0.25) is 4.79 Å². The van der Waals surface area contributed by atoms with Crippen molar-refractivity contribution >= 4 is 23.7 Å². The summed E-state index contributed by atoms with van der Waals surface area (Å²) in [6.45, 7) is 0. The summed E-state index contributed by atoms with van der Waals surface area (Å²) in [5, 5.41) is 0. The second-order valence-electron chi connectivity index (χ2n) is 4.18.